The third-order valence-corrected chi connectivity index (χ3v) is 3.17. The van der Waals surface area contributed by atoms with Crippen molar-refractivity contribution in [1.82, 2.24) is 20.9 Å². The van der Waals surface area contributed by atoms with Crippen molar-refractivity contribution in [3.63, 3.8) is 0 Å². The lowest BCUT2D eigenvalue weighted by molar-refractivity contribution is 0.00701. The van der Waals surface area contributed by atoms with Crippen LogP contribution in [0.15, 0.2) is 4.99 Å². The Morgan fingerprint density at radius 2 is 1.78 bits per heavy atom. The molecule has 1 fully saturated rings. The van der Waals surface area contributed by atoms with E-state index in [1.807, 2.05) is 20.8 Å². The third-order valence-electron chi connectivity index (χ3n) is 3.17. The van der Waals surface area contributed by atoms with E-state index in [1.54, 1.807) is 11.9 Å². The zero-order chi connectivity index (χ0) is 17.7. The number of nitrogens with zero attached hydrogens (tertiary/aromatic N) is 2. The number of amides is 1. The molecule has 0 unspecified atom stereocenters. The molecule has 134 valence electrons. The largest absolute Gasteiger partial charge is 0.444 e. The first kappa shape index (κ1) is 19.5. The number of hydrogen-bond acceptors (Lipinski definition) is 4. The first-order valence-electron chi connectivity index (χ1n) is 8.20. The van der Waals surface area contributed by atoms with E-state index < -0.39 is 5.60 Å². The number of nitrogens with one attached hydrogen (secondary N) is 3. The van der Waals surface area contributed by atoms with Crippen LogP contribution in [0.5, 0.6) is 0 Å². The minimum absolute atomic E-state index is 0.112. The van der Waals surface area contributed by atoms with Gasteiger partial charge in [-0.25, -0.2) is 4.79 Å². The predicted octanol–water partition coefficient (Wildman–Crippen LogP) is 1.16. The molecule has 1 heterocycles. The molecule has 0 aromatic rings. The topological polar surface area (TPSA) is 78.0 Å². The fraction of sp³-hybridized carbons (Fsp3) is 0.875. The minimum Gasteiger partial charge on any atom is -0.444 e. The van der Waals surface area contributed by atoms with E-state index in [0.717, 1.165) is 19.0 Å². The van der Waals surface area contributed by atoms with Crippen molar-refractivity contribution in [3.8, 4) is 0 Å². The number of likely N-dealkylation sites (tertiary alicyclic amines) is 1. The van der Waals surface area contributed by atoms with Gasteiger partial charge in [-0.3, -0.25) is 4.99 Å². The molecule has 0 aliphatic carbocycles. The van der Waals surface area contributed by atoms with E-state index in [-0.39, 0.29) is 17.7 Å². The molecular formula is C16H33N5O2. The normalized spacial score (nSPS) is 16.8. The number of carbonyl (C=O) groups excluding carboxylic acids is 1. The van der Waals surface area contributed by atoms with Gasteiger partial charge in [0, 0.05) is 38.8 Å². The predicted molar refractivity (Wildman–Crippen MR) is 93.8 cm³/mol. The average molecular weight is 327 g/mol. The second-order valence-electron chi connectivity index (χ2n) is 7.90. The van der Waals surface area contributed by atoms with Gasteiger partial charge in [0.25, 0.3) is 0 Å². The van der Waals surface area contributed by atoms with Crippen molar-refractivity contribution < 1.29 is 9.53 Å². The van der Waals surface area contributed by atoms with E-state index in [1.165, 1.54) is 0 Å². The highest BCUT2D eigenvalue weighted by atomic mass is 16.6. The van der Waals surface area contributed by atoms with E-state index in [9.17, 15) is 4.79 Å². The molecule has 1 aliphatic rings. The van der Waals surface area contributed by atoms with Gasteiger partial charge in [-0.1, -0.05) is 0 Å². The summed E-state index contributed by atoms with van der Waals surface area (Å²) in [6.45, 7) is 15.0. The second-order valence-corrected chi connectivity index (χ2v) is 7.90. The number of rotatable bonds is 4. The van der Waals surface area contributed by atoms with Gasteiger partial charge in [0.15, 0.2) is 5.96 Å². The molecule has 0 spiro atoms. The monoisotopic (exact) mass is 327 g/mol. The quantitative estimate of drug-likeness (QED) is 0.410. The number of aliphatic imine (C=N–C) groups is 1. The first-order valence-corrected chi connectivity index (χ1v) is 8.20. The highest BCUT2D eigenvalue weighted by Gasteiger charge is 2.34. The fourth-order valence-electron chi connectivity index (χ4n) is 2.05. The molecule has 23 heavy (non-hydrogen) atoms. The molecular weight excluding hydrogens is 294 g/mol. The molecule has 0 radical (unpaired) electrons. The van der Waals surface area contributed by atoms with Crippen LogP contribution in [0.1, 0.15) is 41.5 Å². The summed E-state index contributed by atoms with van der Waals surface area (Å²) in [5.74, 6) is 0.759. The minimum atomic E-state index is -0.451. The van der Waals surface area contributed by atoms with Crippen LogP contribution in [0.3, 0.4) is 0 Å². The van der Waals surface area contributed by atoms with Crippen molar-refractivity contribution >= 4 is 12.1 Å². The van der Waals surface area contributed by atoms with Crippen molar-refractivity contribution in [3.05, 3.63) is 0 Å². The van der Waals surface area contributed by atoms with Crippen LogP contribution in [0.4, 0.5) is 4.79 Å². The highest BCUT2D eigenvalue weighted by Crippen LogP contribution is 2.15. The molecule has 1 aliphatic heterocycles. The first-order chi connectivity index (χ1) is 10.5. The lowest BCUT2D eigenvalue weighted by Crippen LogP contribution is -2.63. The molecule has 0 aromatic heterocycles. The van der Waals surface area contributed by atoms with E-state index in [4.69, 9.17) is 4.74 Å². The number of ether oxygens (including phenoxy) is 1. The van der Waals surface area contributed by atoms with Crippen molar-refractivity contribution in [1.29, 1.82) is 0 Å². The van der Waals surface area contributed by atoms with Crippen LogP contribution in [0.2, 0.25) is 0 Å². The maximum absolute atomic E-state index is 11.9. The van der Waals surface area contributed by atoms with Crippen molar-refractivity contribution in [2.75, 3.05) is 33.2 Å². The SMILES string of the molecule is CN=C(NCCNC(C)(C)C)NC1CN(C(=O)OC(C)(C)C)C1. The molecule has 0 bridgehead atoms. The van der Waals surface area contributed by atoms with Gasteiger partial charge < -0.3 is 25.6 Å². The van der Waals surface area contributed by atoms with Gasteiger partial charge in [-0.05, 0) is 41.5 Å². The summed E-state index contributed by atoms with van der Waals surface area (Å²) in [6.07, 6.45) is -0.257. The van der Waals surface area contributed by atoms with Crippen molar-refractivity contribution in [2.45, 2.75) is 58.7 Å². The lowest BCUT2D eigenvalue weighted by Gasteiger charge is -2.40. The van der Waals surface area contributed by atoms with Crippen LogP contribution in [0.25, 0.3) is 0 Å². The summed E-state index contributed by atoms with van der Waals surface area (Å²) in [5, 5.41) is 9.99. The summed E-state index contributed by atoms with van der Waals surface area (Å²) in [5.41, 5.74) is -0.340. The van der Waals surface area contributed by atoms with Gasteiger partial charge in [-0.2, -0.15) is 0 Å². The van der Waals surface area contributed by atoms with Crippen LogP contribution >= 0.6 is 0 Å². The third kappa shape index (κ3) is 8.06. The zero-order valence-electron chi connectivity index (χ0n) is 15.6. The number of guanidine groups is 1. The maximum Gasteiger partial charge on any atom is 0.410 e. The highest BCUT2D eigenvalue weighted by molar-refractivity contribution is 5.80. The molecule has 3 N–H and O–H groups in total. The van der Waals surface area contributed by atoms with Crippen LogP contribution in [-0.2, 0) is 4.74 Å². The van der Waals surface area contributed by atoms with E-state index in [0.29, 0.717) is 13.1 Å². The fourth-order valence-corrected chi connectivity index (χ4v) is 2.05. The summed E-state index contributed by atoms with van der Waals surface area (Å²) >= 11 is 0. The summed E-state index contributed by atoms with van der Waals surface area (Å²) < 4.78 is 5.34. The Morgan fingerprint density at radius 3 is 2.26 bits per heavy atom. The summed E-state index contributed by atoms with van der Waals surface area (Å²) in [7, 11) is 1.75. The van der Waals surface area contributed by atoms with E-state index >= 15 is 0 Å². The van der Waals surface area contributed by atoms with Gasteiger partial charge >= 0.3 is 6.09 Å². The Bertz CT molecular complexity index is 417. The number of carbonyl (C=O) groups is 1. The molecule has 1 rings (SSSR count). The van der Waals surface area contributed by atoms with Crippen LogP contribution < -0.4 is 16.0 Å². The standard InChI is InChI=1S/C16H33N5O2/c1-15(2,3)19-9-8-18-13(17-7)20-12-10-21(11-12)14(22)23-16(4,5)6/h12,19H,8-11H2,1-7H3,(H2,17,18,20). The summed E-state index contributed by atoms with van der Waals surface area (Å²) in [6, 6.07) is 0.212. The van der Waals surface area contributed by atoms with Crippen LogP contribution in [-0.4, -0.2) is 67.4 Å². The van der Waals surface area contributed by atoms with Crippen molar-refractivity contribution in [2.24, 2.45) is 4.99 Å². The average Bonchev–Trinajstić information content (AvgIpc) is 2.31. The Kier molecular flexibility index (Phi) is 6.68. The second kappa shape index (κ2) is 7.86. The molecule has 1 saturated heterocycles. The summed E-state index contributed by atoms with van der Waals surface area (Å²) in [4.78, 5) is 17.8. The Morgan fingerprint density at radius 1 is 1.17 bits per heavy atom. The lowest BCUT2D eigenvalue weighted by atomic mass is 10.1. The Balaban J connectivity index is 2.23. The molecule has 7 heteroatoms. The zero-order valence-corrected chi connectivity index (χ0v) is 15.6. The molecule has 0 aromatic carbocycles. The maximum atomic E-state index is 11.9. The van der Waals surface area contributed by atoms with Gasteiger partial charge in [0.2, 0.25) is 0 Å². The molecule has 0 atom stereocenters. The van der Waals surface area contributed by atoms with E-state index in [2.05, 4.69) is 41.7 Å². The Hall–Kier alpha value is -1.50. The van der Waals surface area contributed by atoms with Crippen LogP contribution in [0, 0.1) is 0 Å². The van der Waals surface area contributed by atoms with Gasteiger partial charge in [-0.15, -0.1) is 0 Å². The van der Waals surface area contributed by atoms with Gasteiger partial charge in [0.05, 0.1) is 6.04 Å². The van der Waals surface area contributed by atoms with Gasteiger partial charge in [0.1, 0.15) is 5.60 Å². The molecule has 7 nitrogen and oxygen atoms in total. The molecule has 1 amide bonds. The molecule has 0 saturated carbocycles. The smallest absolute Gasteiger partial charge is 0.410 e. The number of hydrogen-bond donors (Lipinski definition) is 3. The Labute approximate surface area is 140 Å².